The summed E-state index contributed by atoms with van der Waals surface area (Å²) < 4.78 is 4.33. The molecule has 1 fully saturated rings. The topological polar surface area (TPSA) is 55.1 Å². The predicted octanol–water partition coefficient (Wildman–Crippen LogP) is 4.32. The van der Waals surface area contributed by atoms with E-state index >= 15 is 0 Å². The zero-order valence-corrected chi connectivity index (χ0v) is 19.5. The highest BCUT2D eigenvalue weighted by Crippen LogP contribution is 2.45. The predicted molar refractivity (Wildman–Crippen MR) is 128 cm³/mol. The van der Waals surface area contributed by atoms with E-state index in [0.717, 1.165) is 25.9 Å². The van der Waals surface area contributed by atoms with E-state index < -0.39 is 0 Å². The number of hydrogen-bond acceptors (Lipinski definition) is 3. The number of rotatable bonds is 7. The van der Waals surface area contributed by atoms with E-state index in [2.05, 4.69) is 64.9 Å². The molecule has 0 radical (unpaired) electrons. The number of carbonyl (C=O) groups is 1. The largest absolute Gasteiger partial charge is 0.345 e. The smallest absolute Gasteiger partial charge is 0.225 e. The summed E-state index contributed by atoms with van der Waals surface area (Å²) in [5.74, 6) is 0.584. The van der Waals surface area contributed by atoms with Gasteiger partial charge in [-0.2, -0.15) is 0 Å². The molecule has 5 rings (SSSR count). The molecule has 6 nitrogen and oxygen atoms in total. The van der Waals surface area contributed by atoms with Crippen LogP contribution in [-0.2, 0) is 17.9 Å². The van der Waals surface area contributed by atoms with Gasteiger partial charge in [-0.05, 0) is 56.8 Å². The average Bonchev–Trinajstić information content (AvgIpc) is 3.45. The minimum atomic E-state index is 0.0145. The van der Waals surface area contributed by atoms with Gasteiger partial charge in [-0.3, -0.25) is 9.69 Å². The fourth-order valence-electron chi connectivity index (χ4n) is 5.86. The lowest BCUT2D eigenvalue weighted by Crippen LogP contribution is -2.53. The Morgan fingerprint density at radius 1 is 1.31 bits per heavy atom. The molecule has 3 aromatic rings. The van der Waals surface area contributed by atoms with E-state index in [-0.39, 0.29) is 11.8 Å². The van der Waals surface area contributed by atoms with Crippen LogP contribution in [0.25, 0.3) is 10.9 Å². The fourth-order valence-corrected chi connectivity index (χ4v) is 5.86. The number of piperidine rings is 1. The summed E-state index contributed by atoms with van der Waals surface area (Å²) >= 11 is 0. The van der Waals surface area contributed by atoms with E-state index in [1.54, 1.807) is 12.5 Å². The van der Waals surface area contributed by atoms with Crippen molar-refractivity contribution < 1.29 is 4.79 Å². The maximum absolute atomic E-state index is 13.2. The Labute approximate surface area is 190 Å². The molecular formula is C26H35N5O. The van der Waals surface area contributed by atoms with Crippen LogP contribution in [0.1, 0.15) is 63.1 Å². The molecule has 2 aliphatic rings. The van der Waals surface area contributed by atoms with Gasteiger partial charge in [0.05, 0.1) is 18.9 Å². The quantitative estimate of drug-likeness (QED) is 0.604. The molecule has 1 aliphatic carbocycles. The summed E-state index contributed by atoms with van der Waals surface area (Å²) in [5.41, 5.74) is 4.27. The monoisotopic (exact) mass is 433 g/mol. The average molecular weight is 434 g/mol. The summed E-state index contributed by atoms with van der Waals surface area (Å²) in [4.78, 5) is 19.9. The third-order valence-electron chi connectivity index (χ3n) is 7.45. The summed E-state index contributed by atoms with van der Waals surface area (Å²) in [6, 6.07) is 7.72. The van der Waals surface area contributed by atoms with Gasteiger partial charge in [-0.25, -0.2) is 4.98 Å². The molecule has 0 spiro atoms. The van der Waals surface area contributed by atoms with E-state index in [4.69, 9.17) is 0 Å². The fraction of sp³-hybridized carbons (Fsp3) is 0.538. The van der Waals surface area contributed by atoms with Crippen molar-refractivity contribution in [2.75, 3.05) is 13.1 Å². The molecule has 1 aromatic carbocycles. The Morgan fingerprint density at radius 3 is 2.94 bits per heavy atom. The number of nitrogens with zero attached hydrogens (tertiary/aromatic N) is 4. The van der Waals surface area contributed by atoms with Crippen molar-refractivity contribution in [3.8, 4) is 0 Å². The van der Waals surface area contributed by atoms with Crippen LogP contribution in [0.15, 0.2) is 43.1 Å². The maximum Gasteiger partial charge on any atom is 0.225 e. The zero-order valence-electron chi connectivity index (χ0n) is 19.5. The second kappa shape index (κ2) is 8.74. The van der Waals surface area contributed by atoms with Crippen LogP contribution < -0.4 is 5.32 Å². The Bertz CT molecular complexity index is 1080. The molecule has 32 heavy (non-hydrogen) atoms. The minimum Gasteiger partial charge on any atom is -0.345 e. The lowest BCUT2D eigenvalue weighted by molar-refractivity contribution is -0.128. The minimum absolute atomic E-state index is 0.0145. The van der Waals surface area contributed by atoms with Gasteiger partial charge < -0.3 is 14.5 Å². The molecule has 1 N–H and O–H groups in total. The molecule has 3 atom stereocenters. The first-order chi connectivity index (χ1) is 15.6. The summed E-state index contributed by atoms with van der Waals surface area (Å²) in [6.07, 6.45) is 12.1. The second-order valence-electron chi connectivity index (χ2n) is 9.83. The molecular weight excluding hydrogens is 398 g/mol. The van der Waals surface area contributed by atoms with Crippen molar-refractivity contribution in [1.29, 1.82) is 0 Å². The number of unbranched alkanes of at least 4 members (excludes halogenated alkanes) is 1. The number of nitrogens with one attached hydrogen (secondary N) is 1. The summed E-state index contributed by atoms with van der Waals surface area (Å²) in [6.45, 7) is 9.17. The number of aromatic nitrogens is 3. The van der Waals surface area contributed by atoms with Crippen LogP contribution in [0.2, 0.25) is 0 Å². The highest BCUT2D eigenvalue weighted by Gasteiger charge is 2.42. The molecule has 0 bridgehead atoms. The van der Waals surface area contributed by atoms with Gasteiger partial charge in [-0.15, -0.1) is 0 Å². The van der Waals surface area contributed by atoms with Crippen LogP contribution >= 0.6 is 0 Å². The number of amides is 1. The third kappa shape index (κ3) is 3.75. The van der Waals surface area contributed by atoms with Crippen molar-refractivity contribution in [2.24, 2.45) is 5.92 Å². The third-order valence-corrected chi connectivity index (χ3v) is 7.45. The Morgan fingerprint density at radius 2 is 2.19 bits per heavy atom. The summed E-state index contributed by atoms with van der Waals surface area (Å²) in [7, 11) is 0. The Hall–Kier alpha value is -2.60. The summed E-state index contributed by atoms with van der Waals surface area (Å²) in [5, 5.41) is 4.59. The molecule has 2 aromatic heterocycles. The van der Waals surface area contributed by atoms with Crippen LogP contribution in [0.3, 0.4) is 0 Å². The normalized spacial score (nSPS) is 22.9. The first-order valence-electron chi connectivity index (χ1n) is 12.2. The van der Waals surface area contributed by atoms with E-state index in [9.17, 15) is 4.79 Å². The van der Waals surface area contributed by atoms with Crippen molar-refractivity contribution in [2.45, 2.75) is 71.1 Å². The van der Waals surface area contributed by atoms with Crippen LogP contribution in [0.4, 0.5) is 0 Å². The molecule has 1 saturated heterocycles. The van der Waals surface area contributed by atoms with Crippen LogP contribution in [0.5, 0.6) is 0 Å². The molecule has 0 saturated carbocycles. The maximum atomic E-state index is 13.2. The molecule has 1 unspecified atom stereocenters. The number of imidazole rings is 1. The highest BCUT2D eigenvalue weighted by atomic mass is 16.2. The van der Waals surface area contributed by atoms with Gasteiger partial charge in [-0.1, -0.05) is 25.5 Å². The van der Waals surface area contributed by atoms with E-state index in [1.807, 2.05) is 10.8 Å². The van der Waals surface area contributed by atoms with E-state index in [0.29, 0.717) is 24.7 Å². The molecule has 6 heteroatoms. The number of likely N-dealkylation sites (tertiary alicyclic amines) is 1. The first kappa shape index (κ1) is 21.3. The van der Waals surface area contributed by atoms with Crippen molar-refractivity contribution in [3.63, 3.8) is 0 Å². The van der Waals surface area contributed by atoms with Gasteiger partial charge >= 0.3 is 0 Å². The van der Waals surface area contributed by atoms with Crippen LogP contribution in [0, 0.1) is 5.92 Å². The van der Waals surface area contributed by atoms with E-state index in [1.165, 1.54) is 34.9 Å². The van der Waals surface area contributed by atoms with Gasteiger partial charge in [0.25, 0.3) is 0 Å². The Kier molecular flexibility index (Phi) is 5.80. The second-order valence-corrected chi connectivity index (χ2v) is 9.83. The lowest BCUT2D eigenvalue weighted by atomic mass is 9.72. The SMILES string of the molecule is CCCCN1C[C@H](C(=O)NCn2ccnc2)CC2c3cccc4c3c(cn4C(C)C)C[C@H]21. The van der Waals surface area contributed by atoms with Crippen molar-refractivity contribution in [3.05, 3.63) is 54.2 Å². The van der Waals surface area contributed by atoms with Gasteiger partial charge in [0.1, 0.15) is 0 Å². The van der Waals surface area contributed by atoms with Gasteiger partial charge in [0.15, 0.2) is 0 Å². The molecule has 170 valence electrons. The standard InChI is InChI=1S/C26H35N5O/c1-4-5-10-30-14-20(26(32)28-17-29-11-9-27-16-29)12-22-21-7-6-8-23-25(21)19(13-24(22)30)15-31(23)18(2)3/h6-9,11,15-16,18,20,22,24H,4-5,10,12-14,17H2,1-3H3,(H,28,32)/t20-,22?,24-/m1/s1. The zero-order chi connectivity index (χ0) is 22.2. The number of carbonyl (C=O) groups excluding carboxylic acids is 1. The Balaban J connectivity index is 1.45. The highest BCUT2D eigenvalue weighted by molar-refractivity contribution is 5.89. The number of hydrogen-bond donors (Lipinski definition) is 1. The molecule has 3 heterocycles. The van der Waals surface area contributed by atoms with Crippen molar-refractivity contribution in [1.82, 2.24) is 24.3 Å². The van der Waals surface area contributed by atoms with Gasteiger partial charge in [0, 0.05) is 54.0 Å². The van der Waals surface area contributed by atoms with Gasteiger partial charge in [0.2, 0.25) is 5.91 Å². The first-order valence-corrected chi connectivity index (χ1v) is 12.2. The lowest BCUT2D eigenvalue weighted by Gasteiger charge is -2.46. The van der Waals surface area contributed by atoms with Crippen LogP contribution in [-0.4, -0.2) is 44.1 Å². The molecule has 1 amide bonds. The number of fused-ring (bicyclic) bond motifs is 2. The number of benzene rings is 1. The molecule has 1 aliphatic heterocycles. The van der Waals surface area contributed by atoms with Crippen molar-refractivity contribution >= 4 is 16.8 Å².